The van der Waals surface area contributed by atoms with E-state index in [-0.39, 0.29) is 11.5 Å². The van der Waals surface area contributed by atoms with E-state index in [2.05, 4.69) is 17.4 Å². The third-order valence-electron chi connectivity index (χ3n) is 3.82. The molecule has 0 radical (unpaired) electrons. The van der Waals surface area contributed by atoms with Crippen LogP contribution in [0.3, 0.4) is 0 Å². The van der Waals surface area contributed by atoms with Crippen LogP contribution in [-0.2, 0) is 16.0 Å². The zero-order valence-corrected chi connectivity index (χ0v) is 12.9. The van der Waals surface area contributed by atoms with Crippen LogP contribution in [0.4, 0.5) is 0 Å². The number of methoxy groups -OCH3 is 1. The van der Waals surface area contributed by atoms with E-state index in [9.17, 15) is 4.79 Å². The first-order chi connectivity index (χ1) is 9.74. The van der Waals surface area contributed by atoms with Crippen molar-refractivity contribution < 1.29 is 9.53 Å². The Kier molecular flexibility index (Phi) is 5.92. The van der Waals surface area contributed by atoms with Gasteiger partial charge in [-0.3, -0.25) is 4.79 Å². The number of hydrogen-bond donors (Lipinski definition) is 1. The lowest BCUT2D eigenvalue weighted by Crippen LogP contribution is -2.44. The largest absolute Gasteiger partial charge is 0.376 e. The predicted octanol–water partition coefficient (Wildman–Crippen LogP) is 2.65. The summed E-state index contributed by atoms with van der Waals surface area (Å²) in [5, 5.41) is 3.03. The minimum Gasteiger partial charge on any atom is -0.376 e. The van der Waals surface area contributed by atoms with E-state index < -0.39 is 0 Å². The highest BCUT2D eigenvalue weighted by molar-refractivity contribution is 7.99. The van der Waals surface area contributed by atoms with Gasteiger partial charge in [-0.25, -0.2) is 0 Å². The molecule has 1 fully saturated rings. The lowest BCUT2D eigenvalue weighted by Gasteiger charge is -2.26. The number of carbonyl (C=O) groups is 1. The fraction of sp³-hybridized carbons (Fsp3) is 0.562. The van der Waals surface area contributed by atoms with Crippen LogP contribution in [0.1, 0.15) is 24.8 Å². The average Bonchev–Trinajstić information content (AvgIpc) is 2.96. The molecule has 1 atom stereocenters. The van der Waals surface area contributed by atoms with Crippen molar-refractivity contribution in [2.24, 2.45) is 0 Å². The Morgan fingerprint density at radius 3 is 2.85 bits per heavy atom. The Balaban J connectivity index is 1.65. The monoisotopic (exact) mass is 293 g/mol. The molecule has 0 aromatic heterocycles. The molecule has 2 rings (SSSR count). The van der Waals surface area contributed by atoms with E-state index in [0.29, 0.717) is 13.0 Å². The maximum Gasteiger partial charge on any atom is 0.220 e. The van der Waals surface area contributed by atoms with Gasteiger partial charge in [-0.1, -0.05) is 30.3 Å². The molecule has 20 heavy (non-hydrogen) atoms. The first-order valence-corrected chi connectivity index (χ1v) is 8.33. The number of hydrogen-bond acceptors (Lipinski definition) is 3. The number of nitrogens with one attached hydrogen (secondary N) is 1. The number of amides is 1. The second-order valence-corrected chi connectivity index (χ2v) is 6.41. The summed E-state index contributed by atoms with van der Waals surface area (Å²) in [7, 11) is 1.74. The van der Waals surface area contributed by atoms with Gasteiger partial charge in [-0.05, 0) is 30.6 Å². The normalized spacial score (nSPS) is 21.9. The van der Waals surface area contributed by atoms with Crippen molar-refractivity contribution in [3.05, 3.63) is 35.9 Å². The van der Waals surface area contributed by atoms with E-state index >= 15 is 0 Å². The maximum absolute atomic E-state index is 11.9. The molecule has 0 bridgehead atoms. The topological polar surface area (TPSA) is 38.3 Å². The van der Waals surface area contributed by atoms with Gasteiger partial charge in [0.25, 0.3) is 0 Å². The molecule has 1 saturated heterocycles. The molecule has 0 saturated carbocycles. The molecule has 0 aliphatic carbocycles. The highest BCUT2D eigenvalue weighted by atomic mass is 32.2. The van der Waals surface area contributed by atoms with Crippen molar-refractivity contribution in [2.45, 2.75) is 31.3 Å². The lowest BCUT2D eigenvalue weighted by molar-refractivity contribution is -0.122. The number of thioether (sulfide) groups is 1. The Hall–Kier alpha value is -1.00. The molecule has 3 nitrogen and oxygen atoms in total. The summed E-state index contributed by atoms with van der Waals surface area (Å²) in [5.41, 5.74) is 1.15. The smallest absolute Gasteiger partial charge is 0.220 e. The van der Waals surface area contributed by atoms with Crippen LogP contribution in [0.15, 0.2) is 30.3 Å². The molecule has 1 heterocycles. The van der Waals surface area contributed by atoms with Crippen molar-refractivity contribution >= 4 is 17.7 Å². The summed E-state index contributed by atoms with van der Waals surface area (Å²) in [6.45, 7) is 0.640. The highest BCUT2D eigenvalue weighted by Crippen LogP contribution is 2.30. The van der Waals surface area contributed by atoms with E-state index in [1.165, 1.54) is 5.56 Å². The summed E-state index contributed by atoms with van der Waals surface area (Å²) >= 11 is 1.90. The maximum atomic E-state index is 11.9. The van der Waals surface area contributed by atoms with Crippen LogP contribution in [0.2, 0.25) is 0 Å². The molecule has 4 heteroatoms. The zero-order valence-electron chi connectivity index (χ0n) is 12.1. The molecule has 1 aromatic rings. The summed E-state index contributed by atoms with van der Waals surface area (Å²) in [4.78, 5) is 11.9. The first kappa shape index (κ1) is 15.4. The number of carbonyl (C=O) groups excluding carboxylic acids is 1. The fourth-order valence-corrected chi connectivity index (χ4v) is 3.80. The van der Waals surface area contributed by atoms with Gasteiger partial charge in [0.2, 0.25) is 5.91 Å². The van der Waals surface area contributed by atoms with Gasteiger partial charge in [-0.2, -0.15) is 11.8 Å². The van der Waals surface area contributed by atoms with Gasteiger partial charge in [-0.15, -0.1) is 0 Å². The van der Waals surface area contributed by atoms with Crippen LogP contribution in [-0.4, -0.2) is 36.7 Å². The molecule has 1 aliphatic rings. The van der Waals surface area contributed by atoms with Crippen molar-refractivity contribution in [3.63, 3.8) is 0 Å². The molecule has 0 spiro atoms. The van der Waals surface area contributed by atoms with Crippen LogP contribution < -0.4 is 5.32 Å². The van der Waals surface area contributed by atoms with Crippen LogP contribution >= 0.6 is 11.8 Å². The fourth-order valence-electron chi connectivity index (χ4n) is 2.41. The number of ether oxygens (including phenoxy) is 1. The third-order valence-corrected chi connectivity index (χ3v) is 5.04. The molecule has 1 N–H and O–H groups in total. The van der Waals surface area contributed by atoms with E-state index in [1.54, 1.807) is 7.11 Å². The summed E-state index contributed by atoms with van der Waals surface area (Å²) in [6.07, 6.45) is 3.46. The number of aryl methyl sites for hydroxylation is 1. The molecule has 1 aromatic carbocycles. The second-order valence-electron chi connectivity index (χ2n) is 5.31. The molecular formula is C16H23NO2S. The standard InChI is InChI=1S/C16H23NO2S/c1-19-16(10-11-20-13-16)12-17-15(18)9-5-8-14-6-3-2-4-7-14/h2-4,6-7H,5,8-13H2,1H3,(H,17,18)/t16-/m0/s1. The van der Waals surface area contributed by atoms with Gasteiger partial charge in [0.15, 0.2) is 0 Å². The van der Waals surface area contributed by atoms with Crippen LogP contribution in [0.25, 0.3) is 0 Å². The SMILES string of the molecule is CO[C@]1(CNC(=O)CCCc2ccccc2)CCSC1. The summed E-state index contributed by atoms with van der Waals surface area (Å²) < 4.78 is 5.59. The van der Waals surface area contributed by atoms with Gasteiger partial charge in [0.05, 0.1) is 5.60 Å². The Bertz CT molecular complexity index is 416. The van der Waals surface area contributed by atoms with Crippen molar-refractivity contribution in [1.82, 2.24) is 5.32 Å². The Morgan fingerprint density at radius 2 is 2.20 bits per heavy atom. The van der Waals surface area contributed by atoms with E-state index in [1.807, 2.05) is 30.0 Å². The molecule has 110 valence electrons. The summed E-state index contributed by atoms with van der Waals surface area (Å²) in [5.74, 6) is 2.24. The van der Waals surface area contributed by atoms with Crippen molar-refractivity contribution in [3.8, 4) is 0 Å². The van der Waals surface area contributed by atoms with Gasteiger partial charge in [0, 0.05) is 25.8 Å². The molecule has 1 amide bonds. The van der Waals surface area contributed by atoms with Gasteiger partial charge >= 0.3 is 0 Å². The second kappa shape index (κ2) is 7.70. The zero-order chi connectivity index (χ0) is 14.3. The van der Waals surface area contributed by atoms with Crippen molar-refractivity contribution in [1.29, 1.82) is 0 Å². The quantitative estimate of drug-likeness (QED) is 0.840. The Labute approximate surface area is 125 Å². The average molecular weight is 293 g/mol. The Morgan fingerprint density at radius 1 is 1.40 bits per heavy atom. The van der Waals surface area contributed by atoms with Gasteiger partial charge in [0.1, 0.15) is 0 Å². The number of benzene rings is 1. The van der Waals surface area contributed by atoms with E-state index in [4.69, 9.17) is 4.74 Å². The minimum absolute atomic E-state index is 0.134. The minimum atomic E-state index is -0.139. The third kappa shape index (κ3) is 4.53. The molecular weight excluding hydrogens is 270 g/mol. The van der Waals surface area contributed by atoms with Crippen molar-refractivity contribution in [2.75, 3.05) is 25.2 Å². The lowest BCUT2D eigenvalue weighted by atomic mass is 10.0. The molecule has 1 aliphatic heterocycles. The highest BCUT2D eigenvalue weighted by Gasteiger charge is 2.34. The summed E-state index contributed by atoms with van der Waals surface area (Å²) in [6, 6.07) is 10.3. The molecule has 0 unspecified atom stereocenters. The predicted molar refractivity (Wildman–Crippen MR) is 84.1 cm³/mol. The first-order valence-electron chi connectivity index (χ1n) is 7.18. The van der Waals surface area contributed by atoms with Crippen LogP contribution in [0.5, 0.6) is 0 Å². The van der Waals surface area contributed by atoms with E-state index in [0.717, 1.165) is 30.8 Å². The van der Waals surface area contributed by atoms with Gasteiger partial charge < -0.3 is 10.1 Å². The van der Waals surface area contributed by atoms with Crippen LogP contribution in [0, 0.1) is 0 Å². The number of rotatable bonds is 7.